The Labute approximate surface area is 108 Å². The van der Waals surface area contributed by atoms with E-state index >= 15 is 0 Å². The van der Waals surface area contributed by atoms with Crippen molar-refractivity contribution in [2.24, 2.45) is 11.7 Å². The van der Waals surface area contributed by atoms with E-state index in [4.69, 9.17) is 10.2 Å². The highest BCUT2D eigenvalue weighted by atomic mass is 35.5. The first-order valence-corrected chi connectivity index (χ1v) is 5.75. The van der Waals surface area contributed by atoms with Crippen molar-refractivity contribution in [2.45, 2.75) is 25.8 Å². The smallest absolute Gasteiger partial charge is 0.257 e. The van der Waals surface area contributed by atoms with E-state index in [1.165, 1.54) is 12.5 Å². The van der Waals surface area contributed by atoms with Gasteiger partial charge in [0.05, 0.1) is 11.8 Å². The molecule has 0 saturated carbocycles. The summed E-state index contributed by atoms with van der Waals surface area (Å²) in [4.78, 5) is 14.0. The topological polar surface area (TPSA) is 59.5 Å². The van der Waals surface area contributed by atoms with Gasteiger partial charge >= 0.3 is 0 Å². The number of nitrogens with zero attached hydrogens (tertiary/aromatic N) is 1. The molecule has 17 heavy (non-hydrogen) atoms. The van der Waals surface area contributed by atoms with Crippen molar-refractivity contribution < 1.29 is 9.21 Å². The van der Waals surface area contributed by atoms with Crippen LogP contribution in [-0.4, -0.2) is 29.9 Å². The van der Waals surface area contributed by atoms with Crippen LogP contribution in [0.5, 0.6) is 0 Å². The summed E-state index contributed by atoms with van der Waals surface area (Å²) in [5.74, 6) is 0.693. The number of piperidine rings is 1. The van der Waals surface area contributed by atoms with E-state index in [0.717, 1.165) is 19.4 Å². The molecule has 5 heteroatoms. The molecule has 2 heterocycles. The molecule has 1 fully saturated rings. The summed E-state index contributed by atoms with van der Waals surface area (Å²) in [6, 6.07) is 1.87. The number of carbonyl (C=O) groups is 1. The summed E-state index contributed by atoms with van der Waals surface area (Å²) in [6.45, 7) is 3.54. The first kappa shape index (κ1) is 14.1. The molecule has 1 aliphatic rings. The highest BCUT2D eigenvalue weighted by Crippen LogP contribution is 2.23. The van der Waals surface area contributed by atoms with Crippen LogP contribution in [0.15, 0.2) is 23.0 Å². The van der Waals surface area contributed by atoms with Crippen molar-refractivity contribution in [1.29, 1.82) is 0 Å². The minimum absolute atomic E-state index is 0. The van der Waals surface area contributed by atoms with Crippen molar-refractivity contribution in [3.63, 3.8) is 0 Å². The molecule has 1 aliphatic heterocycles. The molecule has 0 aromatic carbocycles. The van der Waals surface area contributed by atoms with Gasteiger partial charge in [0.1, 0.15) is 6.26 Å². The maximum Gasteiger partial charge on any atom is 0.257 e. The fourth-order valence-corrected chi connectivity index (χ4v) is 2.29. The van der Waals surface area contributed by atoms with Crippen molar-refractivity contribution in [2.75, 3.05) is 13.1 Å². The van der Waals surface area contributed by atoms with E-state index in [1.807, 2.05) is 4.90 Å². The third kappa shape index (κ3) is 3.01. The predicted octanol–water partition coefficient (Wildman–Crippen LogP) is 1.90. The second-order valence-corrected chi connectivity index (χ2v) is 4.53. The Morgan fingerprint density at radius 3 is 3.00 bits per heavy atom. The first-order chi connectivity index (χ1) is 7.72. The molecular weight excluding hydrogens is 240 g/mol. The molecule has 2 N–H and O–H groups in total. The van der Waals surface area contributed by atoms with Crippen LogP contribution in [0.3, 0.4) is 0 Å². The average molecular weight is 259 g/mol. The van der Waals surface area contributed by atoms with Crippen LogP contribution >= 0.6 is 12.4 Å². The lowest BCUT2D eigenvalue weighted by molar-refractivity contribution is 0.0573. The average Bonchev–Trinajstić information content (AvgIpc) is 2.81. The molecule has 0 radical (unpaired) electrons. The Bertz CT molecular complexity index is 353. The molecule has 0 bridgehead atoms. The number of likely N-dealkylation sites (tertiary alicyclic amines) is 1. The zero-order chi connectivity index (χ0) is 11.5. The van der Waals surface area contributed by atoms with Crippen LogP contribution in [0.4, 0.5) is 0 Å². The second-order valence-electron chi connectivity index (χ2n) is 4.53. The minimum Gasteiger partial charge on any atom is -0.472 e. The quantitative estimate of drug-likeness (QED) is 0.881. The van der Waals surface area contributed by atoms with Crippen LogP contribution < -0.4 is 5.73 Å². The summed E-state index contributed by atoms with van der Waals surface area (Å²) in [5, 5.41) is 0. The summed E-state index contributed by atoms with van der Waals surface area (Å²) in [6.07, 6.45) is 5.07. The maximum atomic E-state index is 12.1. The fourth-order valence-electron chi connectivity index (χ4n) is 2.29. The van der Waals surface area contributed by atoms with E-state index in [9.17, 15) is 4.79 Å². The van der Waals surface area contributed by atoms with Gasteiger partial charge in [-0.05, 0) is 24.8 Å². The van der Waals surface area contributed by atoms with Gasteiger partial charge < -0.3 is 15.1 Å². The number of halogens is 1. The van der Waals surface area contributed by atoms with E-state index in [-0.39, 0.29) is 24.4 Å². The standard InChI is InChI=1S/C12H18N2O2.ClH/c1-9-2-4-14(11(6-9)7-13)12(15)10-3-5-16-8-10;/h3,5,8-9,11H,2,4,6-7,13H2,1H3;1H. The number of hydrogen-bond acceptors (Lipinski definition) is 3. The van der Waals surface area contributed by atoms with Crippen LogP contribution in [0.2, 0.25) is 0 Å². The van der Waals surface area contributed by atoms with E-state index < -0.39 is 0 Å². The third-order valence-electron chi connectivity index (χ3n) is 3.28. The van der Waals surface area contributed by atoms with Gasteiger partial charge in [-0.15, -0.1) is 12.4 Å². The van der Waals surface area contributed by atoms with E-state index in [2.05, 4.69) is 6.92 Å². The molecule has 96 valence electrons. The van der Waals surface area contributed by atoms with Crippen molar-refractivity contribution in [1.82, 2.24) is 4.90 Å². The molecule has 2 unspecified atom stereocenters. The molecule has 2 rings (SSSR count). The molecule has 1 aromatic rings. The third-order valence-corrected chi connectivity index (χ3v) is 3.28. The molecule has 0 aliphatic carbocycles. The highest BCUT2D eigenvalue weighted by Gasteiger charge is 2.29. The van der Waals surface area contributed by atoms with Crippen LogP contribution in [0.25, 0.3) is 0 Å². The lowest BCUT2D eigenvalue weighted by Gasteiger charge is -2.37. The van der Waals surface area contributed by atoms with Crippen molar-refractivity contribution >= 4 is 18.3 Å². The number of rotatable bonds is 2. The summed E-state index contributed by atoms with van der Waals surface area (Å²) < 4.78 is 4.94. The van der Waals surface area contributed by atoms with Crippen molar-refractivity contribution in [3.8, 4) is 0 Å². The SMILES string of the molecule is CC1CCN(C(=O)c2ccoc2)C(CN)C1.Cl. The van der Waals surface area contributed by atoms with Gasteiger partial charge in [-0.1, -0.05) is 6.92 Å². The Hall–Kier alpha value is -1.00. The van der Waals surface area contributed by atoms with Crippen LogP contribution in [0.1, 0.15) is 30.1 Å². The summed E-state index contributed by atoms with van der Waals surface area (Å²) in [7, 11) is 0. The van der Waals surface area contributed by atoms with Gasteiger partial charge in [0.15, 0.2) is 0 Å². The van der Waals surface area contributed by atoms with E-state index in [0.29, 0.717) is 18.0 Å². The summed E-state index contributed by atoms with van der Waals surface area (Å²) in [5.41, 5.74) is 6.35. The van der Waals surface area contributed by atoms with Crippen molar-refractivity contribution in [3.05, 3.63) is 24.2 Å². The predicted molar refractivity (Wildman–Crippen MR) is 68.2 cm³/mol. The number of carbonyl (C=O) groups excluding carboxylic acids is 1. The Kier molecular flexibility index (Phi) is 5.02. The Morgan fingerprint density at radius 2 is 2.41 bits per heavy atom. The van der Waals surface area contributed by atoms with Gasteiger partial charge in [0.2, 0.25) is 0 Å². The highest BCUT2D eigenvalue weighted by molar-refractivity contribution is 5.94. The van der Waals surface area contributed by atoms with Crippen LogP contribution in [-0.2, 0) is 0 Å². The van der Waals surface area contributed by atoms with Crippen LogP contribution in [0, 0.1) is 5.92 Å². The number of amides is 1. The van der Waals surface area contributed by atoms with Gasteiger partial charge in [-0.2, -0.15) is 0 Å². The monoisotopic (exact) mass is 258 g/mol. The zero-order valence-electron chi connectivity index (χ0n) is 9.96. The van der Waals surface area contributed by atoms with Gasteiger partial charge in [-0.25, -0.2) is 0 Å². The molecule has 1 aromatic heterocycles. The molecule has 2 atom stereocenters. The summed E-state index contributed by atoms with van der Waals surface area (Å²) >= 11 is 0. The normalized spacial score (nSPS) is 24.2. The molecule has 1 saturated heterocycles. The molecule has 0 spiro atoms. The zero-order valence-corrected chi connectivity index (χ0v) is 10.8. The lowest BCUT2D eigenvalue weighted by atomic mass is 9.92. The number of nitrogens with two attached hydrogens (primary N) is 1. The Morgan fingerprint density at radius 1 is 1.65 bits per heavy atom. The number of hydrogen-bond donors (Lipinski definition) is 1. The first-order valence-electron chi connectivity index (χ1n) is 5.75. The Balaban J connectivity index is 0.00000144. The molecule has 1 amide bonds. The van der Waals surface area contributed by atoms with E-state index in [1.54, 1.807) is 6.07 Å². The minimum atomic E-state index is 0. The molecule has 4 nitrogen and oxygen atoms in total. The van der Waals surface area contributed by atoms with Gasteiger partial charge in [0, 0.05) is 19.1 Å². The maximum absolute atomic E-state index is 12.1. The lowest BCUT2D eigenvalue weighted by Crippen LogP contribution is -2.49. The number of furan rings is 1. The van der Waals surface area contributed by atoms with Gasteiger partial charge in [-0.3, -0.25) is 4.79 Å². The second kappa shape index (κ2) is 6.07. The van der Waals surface area contributed by atoms with Gasteiger partial charge in [0.25, 0.3) is 5.91 Å². The fraction of sp³-hybridized carbons (Fsp3) is 0.583. The largest absolute Gasteiger partial charge is 0.472 e. The molecular formula is C12H19ClN2O2.